The Labute approximate surface area is 116 Å². The maximum absolute atomic E-state index is 5.93. The molecule has 1 fully saturated rings. The molecule has 6 heteroatoms. The number of anilines is 1. The summed E-state index contributed by atoms with van der Waals surface area (Å²) >= 11 is 0. The number of hydrogen-bond acceptors (Lipinski definition) is 6. The zero-order valence-corrected chi connectivity index (χ0v) is 11.3. The Hall–Kier alpha value is -1.92. The Morgan fingerprint density at radius 1 is 1.25 bits per heavy atom. The third-order valence-corrected chi connectivity index (χ3v) is 3.72. The third kappa shape index (κ3) is 2.17. The summed E-state index contributed by atoms with van der Waals surface area (Å²) in [6, 6.07) is 7.41. The fourth-order valence-corrected chi connectivity index (χ4v) is 2.43. The largest absolute Gasteiger partial charge is 0.398 e. The molecule has 1 aliphatic rings. The molecule has 2 N–H and O–H groups in total. The zero-order chi connectivity index (χ0) is 14.0. The van der Waals surface area contributed by atoms with Crippen molar-refractivity contribution in [2.45, 2.75) is 18.4 Å². The minimum Gasteiger partial charge on any atom is -0.398 e. The first-order valence-electron chi connectivity index (χ1n) is 6.57. The highest BCUT2D eigenvalue weighted by Gasteiger charge is 2.39. The van der Waals surface area contributed by atoms with Crippen molar-refractivity contribution in [3.63, 3.8) is 0 Å². The number of rotatable bonds is 3. The van der Waals surface area contributed by atoms with Crippen molar-refractivity contribution >= 4 is 5.69 Å². The molecule has 1 saturated heterocycles. The molecule has 2 aromatic rings. The molecule has 0 saturated carbocycles. The smallest absolute Gasteiger partial charge is 0.260 e. The van der Waals surface area contributed by atoms with E-state index in [-0.39, 0.29) is 0 Å². The molecule has 0 atom stereocenters. The van der Waals surface area contributed by atoms with Crippen LogP contribution >= 0.6 is 0 Å². The highest BCUT2D eigenvalue weighted by atomic mass is 16.5. The van der Waals surface area contributed by atoms with Crippen LogP contribution in [-0.2, 0) is 15.1 Å². The van der Waals surface area contributed by atoms with Gasteiger partial charge in [-0.05, 0) is 12.1 Å². The first-order chi connectivity index (χ1) is 9.75. The first-order valence-corrected chi connectivity index (χ1v) is 6.57. The van der Waals surface area contributed by atoms with E-state index in [0.29, 0.717) is 43.5 Å². The van der Waals surface area contributed by atoms with Gasteiger partial charge in [-0.15, -0.1) is 0 Å². The number of aromatic nitrogens is 2. The monoisotopic (exact) mass is 275 g/mol. The van der Waals surface area contributed by atoms with Gasteiger partial charge in [0, 0.05) is 38.9 Å². The zero-order valence-electron chi connectivity index (χ0n) is 11.3. The Morgan fingerprint density at radius 3 is 2.70 bits per heavy atom. The van der Waals surface area contributed by atoms with Crippen LogP contribution in [0, 0.1) is 0 Å². The number of ether oxygens (including phenoxy) is 2. The van der Waals surface area contributed by atoms with Gasteiger partial charge >= 0.3 is 0 Å². The minimum absolute atomic E-state index is 0.418. The van der Waals surface area contributed by atoms with Crippen molar-refractivity contribution in [1.82, 2.24) is 10.1 Å². The molecule has 1 aliphatic heterocycles. The SMILES string of the molecule is COC1(c2noc(-c3ccccc3N)n2)CCOCC1. The maximum Gasteiger partial charge on any atom is 0.260 e. The second-order valence-corrected chi connectivity index (χ2v) is 4.82. The van der Waals surface area contributed by atoms with Gasteiger partial charge in [0.15, 0.2) is 0 Å². The van der Waals surface area contributed by atoms with Crippen molar-refractivity contribution in [1.29, 1.82) is 0 Å². The van der Waals surface area contributed by atoms with E-state index in [1.165, 1.54) is 0 Å². The highest BCUT2D eigenvalue weighted by Crippen LogP contribution is 2.35. The van der Waals surface area contributed by atoms with Crippen LogP contribution in [-0.4, -0.2) is 30.5 Å². The second kappa shape index (κ2) is 5.22. The number of nitrogen functional groups attached to an aromatic ring is 1. The normalized spacial score (nSPS) is 18.1. The van der Waals surface area contributed by atoms with E-state index < -0.39 is 5.60 Å². The first kappa shape index (κ1) is 13.1. The van der Waals surface area contributed by atoms with Crippen molar-refractivity contribution in [3.8, 4) is 11.5 Å². The van der Waals surface area contributed by atoms with Crippen molar-refractivity contribution in [2.75, 3.05) is 26.1 Å². The quantitative estimate of drug-likeness (QED) is 0.862. The lowest BCUT2D eigenvalue weighted by Crippen LogP contribution is -2.36. The summed E-state index contributed by atoms with van der Waals surface area (Å²) in [6.45, 7) is 1.26. The Bertz CT molecular complexity index is 591. The van der Waals surface area contributed by atoms with Crippen LogP contribution in [0.2, 0.25) is 0 Å². The summed E-state index contributed by atoms with van der Waals surface area (Å²) in [5.74, 6) is 0.975. The number of nitrogens with two attached hydrogens (primary N) is 1. The molecule has 1 aromatic heterocycles. The van der Waals surface area contributed by atoms with E-state index in [2.05, 4.69) is 10.1 Å². The van der Waals surface area contributed by atoms with Gasteiger partial charge in [0.25, 0.3) is 5.89 Å². The molecular formula is C14H17N3O3. The molecule has 0 spiro atoms. The highest BCUT2D eigenvalue weighted by molar-refractivity contribution is 5.69. The molecule has 0 unspecified atom stereocenters. The summed E-state index contributed by atoms with van der Waals surface area (Å²) in [5.41, 5.74) is 6.75. The molecule has 0 radical (unpaired) electrons. The summed E-state index contributed by atoms with van der Waals surface area (Å²) in [4.78, 5) is 4.47. The van der Waals surface area contributed by atoms with Gasteiger partial charge in [-0.3, -0.25) is 0 Å². The summed E-state index contributed by atoms with van der Waals surface area (Å²) in [6.07, 6.45) is 1.43. The molecule has 6 nitrogen and oxygen atoms in total. The number of methoxy groups -OCH3 is 1. The van der Waals surface area contributed by atoms with Crippen LogP contribution in [0.5, 0.6) is 0 Å². The standard InChI is InChI=1S/C14H17N3O3/c1-18-14(6-8-19-9-7-14)13-16-12(20-17-13)10-4-2-3-5-11(10)15/h2-5H,6-9,15H2,1H3. The van der Waals surface area contributed by atoms with E-state index in [1.54, 1.807) is 13.2 Å². The minimum atomic E-state index is -0.524. The van der Waals surface area contributed by atoms with Crippen molar-refractivity contribution in [3.05, 3.63) is 30.1 Å². The summed E-state index contributed by atoms with van der Waals surface area (Å²) in [5, 5.41) is 4.08. The van der Waals surface area contributed by atoms with Gasteiger partial charge in [-0.1, -0.05) is 17.3 Å². The fraction of sp³-hybridized carbons (Fsp3) is 0.429. The predicted molar refractivity (Wildman–Crippen MR) is 72.9 cm³/mol. The second-order valence-electron chi connectivity index (χ2n) is 4.82. The van der Waals surface area contributed by atoms with Crippen LogP contribution in [0.25, 0.3) is 11.5 Å². The number of benzene rings is 1. The molecule has 2 heterocycles. The molecule has 0 amide bonds. The number of hydrogen-bond donors (Lipinski definition) is 1. The van der Waals surface area contributed by atoms with Gasteiger partial charge < -0.3 is 19.7 Å². The van der Waals surface area contributed by atoms with Gasteiger partial charge in [0.1, 0.15) is 5.60 Å². The lowest BCUT2D eigenvalue weighted by Gasteiger charge is -2.32. The average Bonchev–Trinajstić information content (AvgIpc) is 2.98. The van der Waals surface area contributed by atoms with E-state index in [9.17, 15) is 0 Å². The van der Waals surface area contributed by atoms with E-state index in [1.807, 2.05) is 18.2 Å². The van der Waals surface area contributed by atoms with Crippen molar-refractivity contribution < 1.29 is 14.0 Å². The van der Waals surface area contributed by atoms with Crippen LogP contribution in [0.3, 0.4) is 0 Å². The lowest BCUT2D eigenvalue weighted by molar-refractivity contribution is -0.101. The van der Waals surface area contributed by atoms with E-state index >= 15 is 0 Å². The predicted octanol–water partition coefficient (Wildman–Crippen LogP) is 1.97. The van der Waals surface area contributed by atoms with Crippen LogP contribution in [0.4, 0.5) is 5.69 Å². The van der Waals surface area contributed by atoms with Gasteiger partial charge in [0.2, 0.25) is 5.82 Å². The molecule has 0 bridgehead atoms. The number of nitrogens with zero attached hydrogens (tertiary/aromatic N) is 2. The molecular weight excluding hydrogens is 258 g/mol. The molecule has 3 rings (SSSR count). The lowest BCUT2D eigenvalue weighted by atomic mass is 9.93. The molecule has 1 aromatic carbocycles. The average molecular weight is 275 g/mol. The molecule has 106 valence electrons. The topological polar surface area (TPSA) is 83.4 Å². The molecule has 0 aliphatic carbocycles. The van der Waals surface area contributed by atoms with Crippen molar-refractivity contribution in [2.24, 2.45) is 0 Å². The van der Waals surface area contributed by atoms with Crippen LogP contribution in [0.1, 0.15) is 18.7 Å². The third-order valence-electron chi connectivity index (χ3n) is 3.72. The Kier molecular flexibility index (Phi) is 3.42. The van der Waals surface area contributed by atoms with Gasteiger partial charge in [-0.2, -0.15) is 4.98 Å². The summed E-state index contributed by atoms with van der Waals surface area (Å²) < 4.78 is 16.4. The fourth-order valence-electron chi connectivity index (χ4n) is 2.43. The van der Waals surface area contributed by atoms with E-state index in [0.717, 1.165) is 5.56 Å². The maximum atomic E-state index is 5.93. The van der Waals surface area contributed by atoms with Crippen LogP contribution in [0.15, 0.2) is 28.8 Å². The van der Waals surface area contributed by atoms with Gasteiger partial charge in [-0.25, -0.2) is 0 Å². The van der Waals surface area contributed by atoms with Crippen LogP contribution < -0.4 is 5.73 Å². The Morgan fingerprint density at radius 2 is 2.00 bits per heavy atom. The Balaban J connectivity index is 1.95. The van der Waals surface area contributed by atoms with Gasteiger partial charge in [0.05, 0.1) is 5.56 Å². The molecule has 20 heavy (non-hydrogen) atoms. The summed E-state index contributed by atoms with van der Waals surface area (Å²) in [7, 11) is 1.66. The van der Waals surface area contributed by atoms with E-state index in [4.69, 9.17) is 19.7 Å². The number of para-hydroxylation sites is 1.